The van der Waals surface area contributed by atoms with Gasteiger partial charge in [0.2, 0.25) is 0 Å². The third-order valence-corrected chi connectivity index (χ3v) is 4.28. The first-order valence-corrected chi connectivity index (χ1v) is 8.20. The summed E-state index contributed by atoms with van der Waals surface area (Å²) in [5.41, 5.74) is 0. The Bertz CT molecular complexity index is 572. The number of sulfone groups is 1. The summed E-state index contributed by atoms with van der Waals surface area (Å²) in [7, 11) is -3.04. The van der Waals surface area contributed by atoms with E-state index in [0.717, 1.165) is 18.7 Å². The Hall–Kier alpha value is -0.950. The van der Waals surface area contributed by atoms with E-state index in [9.17, 15) is 8.42 Å². The number of aromatic nitrogens is 2. The molecule has 0 aliphatic carbocycles. The molecule has 0 saturated carbocycles. The molecule has 1 aromatic rings. The van der Waals surface area contributed by atoms with Crippen molar-refractivity contribution < 1.29 is 8.42 Å². The zero-order valence-electron chi connectivity index (χ0n) is 9.93. The Kier molecular flexibility index (Phi) is 4.01. The van der Waals surface area contributed by atoms with E-state index in [0.29, 0.717) is 10.4 Å². The second kappa shape index (κ2) is 5.36. The summed E-state index contributed by atoms with van der Waals surface area (Å²) in [4.78, 5) is 8.61. The van der Waals surface area contributed by atoms with Gasteiger partial charge in [-0.25, -0.2) is 18.4 Å². The highest BCUT2D eigenvalue weighted by Crippen LogP contribution is 2.17. The van der Waals surface area contributed by atoms with Crippen molar-refractivity contribution in [2.24, 2.45) is 0 Å². The number of nitrogens with zero attached hydrogens (tertiary/aromatic N) is 2. The molecule has 1 N–H and O–H groups in total. The van der Waals surface area contributed by atoms with Crippen LogP contribution in [0.3, 0.4) is 0 Å². The SMILES string of the molecule is CCCc1nc(Br)cc(NC2C=CS(=O)(=O)C2)n1. The van der Waals surface area contributed by atoms with Crippen molar-refractivity contribution in [3.8, 4) is 0 Å². The molecule has 0 spiro atoms. The summed E-state index contributed by atoms with van der Waals surface area (Å²) in [5, 5.41) is 4.33. The van der Waals surface area contributed by atoms with Crippen LogP contribution < -0.4 is 5.32 Å². The fourth-order valence-electron chi connectivity index (χ4n) is 1.73. The number of nitrogens with one attached hydrogen (secondary N) is 1. The molecule has 1 unspecified atom stereocenters. The van der Waals surface area contributed by atoms with Crippen molar-refractivity contribution in [1.82, 2.24) is 9.97 Å². The van der Waals surface area contributed by atoms with Crippen LogP contribution in [0.5, 0.6) is 0 Å². The predicted molar refractivity (Wildman–Crippen MR) is 74.1 cm³/mol. The lowest BCUT2D eigenvalue weighted by atomic mass is 10.3. The molecule has 0 bridgehead atoms. The third-order valence-electron chi connectivity index (χ3n) is 2.48. The molecular formula is C11H14BrN3O2S. The van der Waals surface area contributed by atoms with Gasteiger partial charge in [0.15, 0.2) is 9.84 Å². The summed E-state index contributed by atoms with van der Waals surface area (Å²) in [6.45, 7) is 2.06. The molecule has 0 fully saturated rings. The first kappa shape index (κ1) is 13.5. The number of hydrogen-bond donors (Lipinski definition) is 1. The lowest BCUT2D eigenvalue weighted by Crippen LogP contribution is -2.22. The molecule has 1 aliphatic rings. The monoisotopic (exact) mass is 331 g/mol. The molecule has 98 valence electrons. The Morgan fingerprint density at radius 1 is 1.50 bits per heavy atom. The summed E-state index contributed by atoms with van der Waals surface area (Å²) >= 11 is 3.33. The van der Waals surface area contributed by atoms with Crippen LogP contribution in [0.15, 0.2) is 22.2 Å². The molecule has 0 saturated heterocycles. The van der Waals surface area contributed by atoms with E-state index in [4.69, 9.17) is 0 Å². The van der Waals surface area contributed by atoms with Crippen LogP contribution in [0, 0.1) is 0 Å². The number of anilines is 1. The zero-order valence-corrected chi connectivity index (χ0v) is 12.3. The average Bonchev–Trinajstić information content (AvgIpc) is 2.57. The summed E-state index contributed by atoms with van der Waals surface area (Å²) in [6, 6.07) is 1.53. The summed E-state index contributed by atoms with van der Waals surface area (Å²) in [6.07, 6.45) is 3.41. The molecule has 0 radical (unpaired) electrons. The van der Waals surface area contributed by atoms with Crippen LogP contribution in [0.2, 0.25) is 0 Å². The highest BCUT2D eigenvalue weighted by Gasteiger charge is 2.21. The van der Waals surface area contributed by atoms with E-state index < -0.39 is 9.84 Å². The topological polar surface area (TPSA) is 72.0 Å². The van der Waals surface area contributed by atoms with Gasteiger partial charge in [0.05, 0.1) is 11.8 Å². The molecule has 0 aromatic carbocycles. The highest BCUT2D eigenvalue weighted by atomic mass is 79.9. The minimum atomic E-state index is -3.04. The highest BCUT2D eigenvalue weighted by molar-refractivity contribution is 9.10. The van der Waals surface area contributed by atoms with Crippen molar-refractivity contribution in [2.75, 3.05) is 11.1 Å². The van der Waals surface area contributed by atoms with Crippen LogP contribution in [0.4, 0.5) is 5.82 Å². The largest absolute Gasteiger partial charge is 0.363 e. The second-order valence-corrected chi connectivity index (χ2v) is 6.89. The normalized spacial score (nSPS) is 21.1. The quantitative estimate of drug-likeness (QED) is 0.853. The molecule has 0 amide bonds. The standard InChI is InChI=1S/C11H14BrN3O2S/c1-2-3-10-14-9(12)6-11(15-10)13-8-4-5-18(16,17)7-8/h4-6,8H,2-3,7H2,1H3,(H,13,14,15). The second-order valence-electron chi connectivity index (χ2n) is 4.15. The fraction of sp³-hybridized carbons (Fsp3) is 0.455. The van der Waals surface area contributed by atoms with Gasteiger partial charge < -0.3 is 5.32 Å². The van der Waals surface area contributed by atoms with Gasteiger partial charge >= 0.3 is 0 Å². The molecule has 18 heavy (non-hydrogen) atoms. The van der Waals surface area contributed by atoms with Gasteiger partial charge in [0.25, 0.3) is 0 Å². The predicted octanol–water partition coefficient (Wildman–Crippen LogP) is 1.91. The molecule has 5 nitrogen and oxygen atoms in total. The van der Waals surface area contributed by atoms with Gasteiger partial charge in [-0.15, -0.1) is 0 Å². The summed E-state index contributed by atoms with van der Waals surface area (Å²) in [5.74, 6) is 1.48. The van der Waals surface area contributed by atoms with Crippen LogP contribution in [0.25, 0.3) is 0 Å². The Morgan fingerprint density at radius 2 is 2.28 bits per heavy atom. The molecule has 2 rings (SSSR count). The van der Waals surface area contributed by atoms with Gasteiger partial charge in [-0.1, -0.05) is 6.92 Å². The average molecular weight is 332 g/mol. The number of rotatable bonds is 4. The van der Waals surface area contributed by atoms with Gasteiger partial charge in [0, 0.05) is 17.9 Å². The summed E-state index contributed by atoms with van der Waals surface area (Å²) < 4.78 is 23.3. The van der Waals surface area contributed by atoms with Crippen molar-refractivity contribution in [3.05, 3.63) is 28.0 Å². The van der Waals surface area contributed by atoms with Crippen molar-refractivity contribution in [1.29, 1.82) is 0 Å². The van der Waals surface area contributed by atoms with E-state index in [2.05, 4.69) is 38.1 Å². The molecule has 7 heteroatoms. The lowest BCUT2D eigenvalue weighted by molar-refractivity contribution is 0.605. The maximum absolute atomic E-state index is 11.3. The molecule has 1 atom stereocenters. The smallest absolute Gasteiger partial charge is 0.173 e. The fourth-order valence-corrected chi connectivity index (χ4v) is 3.39. The maximum Gasteiger partial charge on any atom is 0.173 e. The van der Waals surface area contributed by atoms with Crippen LogP contribution >= 0.6 is 15.9 Å². The Morgan fingerprint density at radius 3 is 2.89 bits per heavy atom. The lowest BCUT2D eigenvalue weighted by Gasteiger charge is -2.11. The maximum atomic E-state index is 11.3. The first-order valence-electron chi connectivity index (χ1n) is 5.69. The molecule has 2 heterocycles. The first-order chi connectivity index (χ1) is 8.48. The van der Waals surface area contributed by atoms with E-state index in [1.54, 1.807) is 12.1 Å². The van der Waals surface area contributed by atoms with Gasteiger partial charge in [-0.2, -0.15) is 0 Å². The van der Waals surface area contributed by atoms with Crippen LogP contribution in [-0.2, 0) is 16.3 Å². The number of halogens is 1. The molecule has 1 aliphatic heterocycles. The van der Waals surface area contributed by atoms with Gasteiger partial charge in [0.1, 0.15) is 16.2 Å². The van der Waals surface area contributed by atoms with E-state index in [1.807, 2.05) is 0 Å². The Balaban J connectivity index is 2.12. The van der Waals surface area contributed by atoms with E-state index in [1.165, 1.54) is 5.41 Å². The minimum Gasteiger partial charge on any atom is -0.363 e. The molecule has 1 aromatic heterocycles. The van der Waals surface area contributed by atoms with E-state index >= 15 is 0 Å². The van der Waals surface area contributed by atoms with Gasteiger partial charge in [-0.3, -0.25) is 0 Å². The molecular weight excluding hydrogens is 318 g/mol. The van der Waals surface area contributed by atoms with Crippen molar-refractivity contribution in [3.63, 3.8) is 0 Å². The Labute approximate surface area is 115 Å². The van der Waals surface area contributed by atoms with Crippen LogP contribution in [-0.4, -0.2) is 30.2 Å². The van der Waals surface area contributed by atoms with Crippen molar-refractivity contribution in [2.45, 2.75) is 25.8 Å². The zero-order chi connectivity index (χ0) is 13.2. The van der Waals surface area contributed by atoms with Crippen LogP contribution in [0.1, 0.15) is 19.2 Å². The van der Waals surface area contributed by atoms with Crippen molar-refractivity contribution >= 4 is 31.6 Å². The minimum absolute atomic E-state index is 0.0811. The third kappa shape index (κ3) is 3.52. The van der Waals surface area contributed by atoms with E-state index in [-0.39, 0.29) is 11.8 Å². The number of hydrogen-bond acceptors (Lipinski definition) is 5. The van der Waals surface area contributed by atoms with Gasteiger partial charge in [-0.05, 0) is 28.4 Å². The number of aryl methyl sites for hydroxylation is 1.